The van der Waals surface area contributed by atoms with Crippen molar-refractivity contribution < 1.29 is 9.90 Å². The summed E-state index contributed by atoms with van der Waals surface area (Å²) >= 11 is 0. The maximum absolute atomic E-state index is 12.9. The molecule has 1 amide bonds. The van der Waals surface area contributed by atoms with E-state index in [-0.39, 0.29) is 28.0 Å². The van der Waals surface area contributed by atoms with E-state index in [1.807, 2.05) is 0 Å². The first-order valence-corrected chi connectivity index (χ1v) is 10.7. The van der Waals surface area contributed by atoms with Crippen molar-refractivity contribution >= 4 is 23.1 Å². The second kappa shape index (κ2) is 7.62. The van der Waals surface area contributed by atoms with Crippen molar-refractivity contribution in [2.45, 2.75) is 72.8 Å². The van der Waals surface area contributed by atoms with Crippen LogP contribution < -0.4 is 10.6 Å². The molecule has 0 atom stereocenters. The molecule has 0 saturated heterocycles. The van der Waals surface area contributed by atoms with Gasteiger partial charge in [0.1, 0.15) is 22.8 Å². The zero-order chi connectivity index (χ0) is 23.2. The zero-order valence-electron chi connectivity index (χ0n) is 19.8. The fourth-order valence-electron chi connectivity index (χ4n) is 4.18. The Hall–Kier alpha value is -2.96. The van der Waals surface area contributed by atoms with Gasteiger partial charge in [0, 0.05) is 16.6 Å². The highest BCUT2D eigenvalue weighted by Crippen LogP contribution is 2.35. The van der Waals surface area contributed by atoms with Gasteiger partial charge in [-0.25, -0.2) is 0 Å². The standard InChI is InChI=1S/C24H35N5O2/c1-22(2,3)14-24(7,8)28-20-18(23(4,5)6)27-19-17(13-25-29(19)20)21(31)26-15-9-11-16(30)12-10-15/h9-13,27-28,30H,14H2,1-8H3,(H,26,31). The Balaban J connectivity index is 2.00. The predicted molar refractivity (Wildman–Crippen MR) is 126 cm³/mol. The van der Waals surface area contributed by atoms with Crippen molar-refractivity contribution in [1.29, 1.82) is 0 Å². The lowest BCUT2D eigenvalue weighted by Crippen LogP contribution is -2.36. The number of hydrogen-bond donors (Lipinski definition) is 4. The van der Waals surface area contributed by atoms with Gasteiger partial charge in [-0.3, -0.25) is 4.79 Å². The summed E-state index contributed by atoms with van der Waals surface area (Å²) in [6, 6.07) is 6.39. The Kier molecular flexibility index (Phi) is 5.59. The molecule has 0 spiro atoms. The SMILES string of the molecule is CC(C)(C)CC(C)(C)Nc1c(C(C)(C)C)[nH]c2c(C(=O)Nc3ccc(O)cc3)cnn12. The minimum Gasteiger partial charge on any atom is -0.508 e. The smallest absolute Gasteiger partial charge is 0.261 e. The number of anilines is 2. The topological polar surface area (TPSA) is 94.5 Å². The second-order valence-electron chi connectivity index (χ2n) is 11.2. The van der Waals surface area contributed by atoms with Crippen LogP contribution in [-0.4, -0.2) is 31.2 Å². The monoisotopic (exact) mass is 425 g/mol. The van der Waals surface area contributed by atoms with Gasteiger partial charge in [-0.05, 0) is 49.9 Å². The summed E-state index contributed by atoms with van der Waals surface area (Å²) in [6.07, 6.45) is 2.54. The molecule has 0 aliphatic heterocycles. The first-order chi connectivity index (χ1) is 14.2. The van der Waals surface area contributed by atoms with Crippen LogP contribution in [0.2, 0.25) is 0 Å². The number of imidazole rings is 1. The molecule has 7 nitrogen and oxygen atoms in total. The van der Waals surface area contributed by atoms with Crippen LogP contribution in [0.4, 0.5) is 11.5 Å². The first kappa shape index (κ1) is 22.7. The van der Waals surface area contributed by atoms with E-state index < -0.39 is 0 Å². The summed E-state index contributed by atoms with van der Waals surface area (Å²) in [6.45, 7) is 17.5. The Morgan fingerprint density at radius 3 is 2.23 bits per heavy atom. The quantitative estimate of drug-likeness (QED) is 0.403. The van der Waals surface area contributed by atoms with Crippen molar-refractivity contribution in [3.8, 4) is 5.75 Å². The number of benzene rings is 1. The van der Waals surface area contributed by atoms with Gasteiger partial charge in [0.15, 0.2) is 0 Å². The molecule has 3 rings (SSSR count). The fourth-order valence-corrected chi connectivity index (χ4v) is 4.18. The fraction of sp³-hybridized carbons (Fsp3) is 0.500. The number of H-pyrrole nitrogens is 1. The number of carbonyl (C=O) groups is 1. The molecule has 0 saturated carbocycles. The summed E-state index contributed by atoms with van der Waals surface area (Å²) in [5.41, 5.74) is 2.52. The average Bonchev–Trinajstić information content (AvgIpc) is 3.14. The number of carbonyl (C=O) groups excluding carboxylic acids is 1. The molecule has 0 aliphatic rings. The summed E-state index contributed by atoms with van der Waals surface area (Å²) in [7, 11) is 0. The van der Waals surface area contributed by atoms with E-state index in [0.29, 0.717) is 16.9 Å². The number of hydrogen-bond acceptors (Lipinski definition) is 4. The van der Waals surface area contributed by atoms with Gasteiger partial charge in [-0.15, -0.1) is 0 Å². The summed E-state index contributed by atoms with van der Waals surface area (Å²) in [5, 5.41) is 20.5. The molecule has 2 aromatic heterocycles. The number of aromatic nitrogens is 3. The van der Waals surface area contributed by atoms with Gasteiger partial charge < -0.3 is 20.7 Å². The highest BCUT2D eigenvalue weighted by atomic mass is 16.3. The van der Waals surface area contributed by atoms with Gasteiger partial charge >= 0.3 is 0 Å². The van der Waals surface area contributed by atoms with Crippen molar-refractivity contribution in [1.82, 2.24) is 14.6 Å². The highest BCUT2D eigenvalue weighted by Gasteiger charge is 2.32. The van der Waals surface area contributed by atoms with Crippen LogP contribution in [0.15, 0.2) is 30.5 Å². The Morgan fingerprint density at radius 1 is 1.06 bits per heavy atom. The molecule has 0 unspecified atom stereocenters. The molecule has 1 aromatic carbocycles. The average molecular weight is 426 g/mol. The number of aromatic amines is 1. The number of phenols is 1. The lowest BCUT2D eigenvalue weighted by molar-refractivity contribution is 0.102. The summed E-state index contributed by atoms with van der Waals surface area (Å²) < 4.78 is 1.79. The van der Waals surface area contributed by atoms with Gasteiger partial charge in [0.2, 0.25) is 0 Å². The van der Waals surface area contributed by atoms with Gasteiger partial charge in [0.25, 0.3) is 5.91 Å². The van der Waals surface area contributed by atoms with Crippen molar-refractivity contribution in [3.63, 3.8) is 0 Å². The van der Waals surface area contributed by atoms with E-state index in [1.54, 1.807) is 22.8 Å². The first-order valence-electron chi connectivity index (χ1n) is 10.7. The summed E-state index contributed by atoms with van der Waals surface area (Å²) in [4.78, 5) is 16.4. The maximum atomic E-state index is 12.9. The lowest BCUT2D eigenvalue weighted by atomic mass is 9.81. The minimum atomic E-state index is -0.261. The van der Waals surface area contributed by atoms with E-state index in [0.717, 1.165) is 17.9 Å². The minimum absolute atomic E-state index is 0.152. The van der Waals surface area contributed by atoms with Crippen LogP contribution in [-0.2, 0) is 5.41 Å². The molecular formula is C24H35N5O2. The number of nitrogens with zero attached hydrogens (tertiary/aromatic N) is 2. The molecule has 0 radical (unpaired) electrons. The number of fused-ring (bicyclic) bond motifs is 1. The molecule has 0 bridgehead atoms. The van der Waals surface area contributed by atoms with Crippen LogP contribution in [0.3, 0.4) is 0 Å². The lowest BCUT2D eigenvalue weighted by Gasteiger charge is -2.34. The van der Waals surface area contributed by atoms with Crippen molar-refractivity contribution in [3.05, 3.63) is 41.7 Å². The van der Waals surface area contributed by atoms with Crippen molar-refractivity contribution in [2.75, 3.05) is 10.6 Å². The van der Waals surface area contributed by atoms with Gasteiger partial charge in [-0.2, -0.15) is 9.61 Å². The number of nitrogens with one attached hydrogen (secondary N) is 3. The number of phenolic OH excluding ortho intramolecular Hbond substituents is 1. The third kappa shape index (κ3) is 5.21. The molecule has 0 aliphatic carbocycles. The largest absolute Gasteiger partial charge is 0.508 e. The van der Waals surface area contributed by atoms with Gasteiger partial charge in [-0.1, -0.05) is 41.5 Å². The highest BCUT2D eigenvalue weighted by molar-refractivity contribution is 6.08. The van der Waals surface area contributed by atoms with Crippen LogP contribution in [0.1, 0.15) is 77.9 Å². The van der Waals surface area contributed by atoms with Crippen molar-refractivity contribution in [2.24, 2.45) is 5.41 Å². The third-order valence-corrected chi connectivity index (χ3v) is 5.01. The molecule has 4 N–H and O–H groups in total. The van der Waals surface area contributed by atoms with E-state index >= 15 is 0 Å². The molecule has 0 fully saturated rings. The molecular weight excluding hydrogens is 390 g/mol. The van der Waals surface area contributed by atoms with Crippen LogP contribution in [0.5, 0.6) is 5.75 Å². The van der Waals surface area contributed by atoms with E-state index in [9.17, 15) is 9.90 Å². The van der Waals surface area contributed by atoms with Crippen LogP contribution >= 0.6 is 0 Å². The third-order valence-electron chi connectivity index (χ3n) is 5.01. The Morgan fingerprint density at radius 2 is 1.68 bits per heavy atom. The number of rotatable bonds is 5. The Bertz CT molecular complexity index is 1080. The van der Waals surface area contributed by atoms with Gasteiger partial charge in [0.05, 0.1) is 11.9 Å². The molecule has 2 heterocycles. The number of aromatic hydroxyl groups is 1. The molecule has 31 heavy (non-hydrogen) atoms. The van der Waals surface area contributed by atoms with Crippen LogP contribution in [0, 0.1) is 5.41 Å². The van der Waals surface area contributed by atoms with E-state index in [4.69, 9.17) is 0 Å². The molecule has 168 valence electrons. The number of amides is 1. The van der Waals surface area contributed by atoms with E-state index in [2.05, 4.69) is 76.1 Å². The van der Waals surface area contributed by atoms with E-state index in [1.165, 1.54) is 12.1 Å². The molecule has 3 aromatic rings. The maximum Gasteiger partial charge on any atom is 0.261 e. The normalized spacial score (nSPS) is 12.9. The zero-order valence-corrected chi connectivity index (χ0v) is 19.8. The predicted octanol–water partition coefficient (Wildman–Crippen LogP) is 5.54. The Labute approximate surface area is 184 Å². The summed E-state index contributed by atoms with van der Waals surface area (Å²) in [5.74, 6) is 0.766. The molecule has 7 heteroatoms. The van der Waals surface area contributed by atoms with Crippen LogP contribution in [0.25, 0.3) is 5.65 Å². The second-order valence-corrected chi connectivity index (χ2v) is 11.2.